The number of nitrogens with two attached hydrogens (primary N) is 1. The maximum atomic E-state index is 10.0. The van der Waals surface area contributed by atoms with Gasteiger partial charge in [0.15, 0.2) is 0 Å². The molecule has 1 amide bonds. The molecule has 0 aromatic heterocycles. The van der Waals surface area contributed by atoms with E-state index < -0.39 is 14.4 Å². The predicted molar refractivity (Wildman–Crippen MR) is 45.3 cm³/mol. The first-order valence-corrected chi connectivity index (χ1v) is 5.81. The van der Waals surface area contributed by atoms with Crippen LogP contribution in [0, 0.1) is 0 Å². The molecule has 5 heteroatoms. The first-order chi connectivity index (χ1) is 3.42. The second kappa shape index (κ2) is 3.68. The van der Waals surface area contributed by atoms with E-state index in [1.54, 1.807) is 0 Å². The molecule has 0 fully saturated rings. The van der Waals surface area contributed by atoms with Gasteiger partial charge in [-0.15, -0.1) is 0 Å². The van der Waals surface area contributed by atoms with Crippen molar-refractivity contribution < 1.29 is 9.22 Å². The van der Waals surface area contributed by atoms with E-state index >= 15 is 0 Å². The number of carbonyl (C=O) groups excluding carboxylic acids is 1. The Labute approximate surface area is 60.7 Å². The molecule has 0 aliphatic carbocycles. The van der Waals surface area contributed by atoms with Crippen LogP contribution in [0.2, 0.25) is 19.6 Å². The highest BCUT2D eigenvalue weighted by atomic mass is 28.4. The Hall–Kier alpha value is -0.296. The predicted octanol–water partition coefficient (Wildman–Crippen LogP) is -0.535. The monoisotopic (exact) mass is 165 g/mol. The standard InChI is InChI=1S/C4H11NO2Si.H4Si/c1-8(2,3)7-4(5)6;/h1-3H3,(H2,5,6);1H4. The zero-order valence-corrected chi connectivity index (χ0v) is 6.39. The van der Waals surface area contributed by atoms with E-state index in [-0.39, 0.29) is 11.0 Å². The van der Waals surface area contributed by atoms with Gasteiger partial charge in [-0.25, -0.2) is 4.79 Å². The summed E-state index contributed by atoms with van der Waals surface area (Å²) in [6, 6.07) is 0. The third-order valence-electron chi connectivity index (χ3n) is 0.407. The number of rotatable bonds is 1. The van der Waals surface area contributed by atoms with Gasteiger partial charge in [0.2, 0.25) is 8.32 Å². The highest BCUT2D eigenvalue weighted by Crippen LogP contribution is 2.00. The number of amides is 1. The number of primary amides is 1. The Morgan fingerprint density at radius 1 is 1.44 bits per heavy atom. The minimum atomic E-state index is -1.69. The van der Waals surface area contributed by atoms with Crippen LogP contribution in [0.1, 0.15) is 0 Å². The maximum Gasteiger partial charge on any atom is 0.390 e. The molecule has 0 rings (SSSR count). The van der Waals surface area contributed by atoms with E-state index in [1.807, 2.05) is 19.6 Å². The molecule has 2 N–H and O–H groups in total. The van der Waals surface area contributed by atoms with Crippen LogP contribution in [-0.4, -0.2) is 25.4 Å². The van der Waals surface area contributed by atoms with Crippen molar-refractivity contribution in [3.05, 3.63) is 0 Å². The molecule has 0 heterocycles. The van der Waals surface area contributed by atoms with Crippen LogP contribution in [0.3, 0.4) is 0 Å². The molecule has 9 heavy (non-hydrogen) atoms. The van der Waals surface area contributed by atoms with Crippen LogP contribution in [0.25, 0.3) is 0 Å². The van der Waals surface area contributed by atoms with Gasteiger partial charge in [-0.1, -0.05) is 0 Å². The van der Waals surface area contributed by atoms with E-state index in [1.165, 1.54) is 0 Å². The molecule has 0 atom stereocenters. The van der Waals surface area contributed by atoms with Gasteiger partial charge >= 0.3 is 6.09 Å². The van der Waals surface area contributed by atoms with Crippen LogP contribution in [0.5, 0.6) is 0 Å². The first kappa shape index (κ1) is 11.5. The van der Waals surface area contributed by atoms with Gasteiger partial charge in [0.25, 0.3) is 0 Å². The van der Waals surface area contributed by atoms with Gasteiger partial charge in [0.05, 0.1) is 0 Å². The fourth-order valence-corrected chi connectivity index (χ4v) is 0.905. The van der Waals surface area contributed by atoms with Crippen molar-refractivity contribution in [1.82, 2.24) is 0 Å². The van der Waals surface area contributed by atoms with E-state index in [2.05, 4.69) is 0 Å². The Balaban J connectivity index is 0. The van der Waals surface area contributed by atoms with Gasteiger partial charge in [0, 0.05) is 0 Å². The van der Waals surface area contributed by atoms with E-state index in [4.69, 9.17) is 10.2 Å². The molecule has 0 saturated carbocycles. The second-order valence-electron chi connectivity index (χ2n) is 2.53. The minimum absolute atomic E-state index is 0. The summed E-state index contributed by atoms with van der Waals surface area (Å²) in [6.07, 6.45) is -0.663. The maximum absolute atomic E-state index is 10.0. The third-order valence-corrected chi connectivity index (χ3v) is 1.22. The van der Waals surface area contributed by atoms with Gasteiger partial charge in [-0.2, -0.15) is 0 Å². The van der Waals surface area contributed by atoms with Crippen molar-refractivity contribution in [2.45, 2.75) is 19.6 Å². The zero-order valence-electron chi connectivity index (χ0n) is 5.39. The summed E-state index contributed by atoms with van der Waals surface area (Å²) in [5.74, 6) is 0. The van der Waals surface area contributed by atoms with E-state index in [9.17, 15) is 4.79 Å². The highest BCUT2D eigenvalue weighted by molar-refractivity contribution is 6.71. The molecular weight excluding hydrogens is 150 g/mol. The lowest BCUT2D eigenvalue weighted by Gasteiger charge is -2.13. The average molecular weight is 165 g/mol. The molecule has 56 valence electrons. The van der Waals surface area contributed by atoms with Crippen LogP contribution in [-0.2, 0) is 4.43 Å². The fraction of sp³-hybridized carbons (Fsp3) is 0.750. The molecule has 0 aliphatic heterocycles. The summed E-state index contributed by atoms with van der Waals surface area (Å²) >= 11 is 0. The summed E-state index contributed by atoms with van der Waals surface area (Å²) in [5.41, 5.74) is 4.75. The largest absolute Gasteiger partial charge is 0.505 e. The van der Waals surface area contributed by atoms with Crippen LogP contribution in [0.4, 0.5) is 4.79 Å². The molecule has 3 nitrogen and oxygen atoms in total. The summed E-state index contributed by atoms with van der Waals surface area (Å²) in [4.78, 5) is 10.0. The smallest absolute Gasteiger partial charge is 0.390 e. The molecule has 0 unspecified atom stereocenters. The molecule has 0 radical (unpaired) electrons. The first-order valence-electron chi connectivity index (χ1n) is 2.40. The minimum Gasteiger partial charge on any atom is -0.505 e. The molecule has 0 aromatic carbocycles. The van der Waals surface area contributed by atoms with Crippen molar-refractivity contribution in [2.75, 3.05) is 0 Å². The summed E-state index contributed by atoms with van der Waals surface area (Å²) < 4.78 is 4.72. The third kappa shape index (κ3) is 11.3. The second-order valence-corrected chi connectivity index (χ2v) is 6.96. The van der Waals surface area contributed by atoms with Crippen molar-refractivity contribution in [2.24, 2.45) is 5.73 Å². The molecule has 0 saturated heterocycles. The van der Waals surface area contributed by atoms with Crippen molar-refractivity contribution in [3.63, 3.8) is 0 Å². The normalized spacial score (nSPS) is 9.67. The van der Waals surface area contributed by atoms with E-state index in [0.717, 1.165) is 0 Å². The summed E-state index contributed by atoms with van der Waals surface area (Å²) in [7, 11) is -1.69. The Morgan fingerprint density at radius 3 is 1.78 bits per heavy atom. The Kier molecular flexibility index (Phi) is 4.70. The quantitative estimate of drug-likeness (QED) is 0.531. The van der Waals surface area contributed by atoms with Gasteiger partial charge in [0.1, 0.15) is 0 Å². The van der Waals surface area contributed by atoms with Gasteiger partial charge in [-0.3, -0.25) is 0 Å². The Bertz CT molecular complexity index is 99.2. The van der Waals surface area contributed by atoms with E-state index in [0.29, 0.717) is 0 Å². The lowest BCUT2D eigenvalue weighted by atomic mass is 11.3. The summed E-state index contributed by atoms with van der Waals surface area (Å²) in [6.45, 7) is 5.70. The molecule has 0 bridgehead atoms. The van der Waals surface area contributed by atoms with Crippen molar-refractivity contribution in [1.29, 1.82) is 0 Å². The topological polar surface area (TPSA) is 52.3 Å². The van der Waals surface area contributed by atoms with Gasteiger partial charge in [-0.05, 0) is 30.6 Å². The Morgan fingerprint density at radius 2 is 1.78 bits per heavy atom. The lowest BCUT2D eigenvalue weighted by Crippen LogP contribution is -2.32. The van der Waals surface area contributed by atoms with Crippen LogP contribution >= 0.6 is 0 Å². The number of carbonyl (C=O) groups is 1. The van der Waals surface area contributed by atoms with Crippen molar-refractivity contribution in [3.8, 4) is 0 Å². The highest BCUT2D eigenvalue weighted by Gasteiger charge is 2.17. The molecule has 0 aromatic rings. The zero-order chi connectivity index (χ0) is 6.78. The van der Waals surface area contributed by atoms with Gasteiger partial charge < -0.3 is 10.2 Å². The van der Waals surface area contributed by atoms with Crippen LogP contribution in [0.15, 0.2) is 0 Å². The fourth-order valence-electron chi connectivity index (χ4n) is 0.302. The number of hydrogen-bond donors (Lipinski definition) is 1. The lowest BCUT2D eigenvalue weighted by molar-refractivity contribution is 0.209. The van der Waals surface area contributed by atoms with Crippen LogP contribution < -0.4 is 5.73 Å². The average Bonchev–Trinajstić information content (AvgIpc) is 1.21. The SMILES string of the molecule is C[Si](C)(C)OC(N)=O.[SiH4]. The summed E-state index contributed by atoms with van der Waals surface area (Å²) in [5, 5.41) is 0. The molecule has 0 spiro atoms. The molecular formula is C4H15NO2Si2. The number of hydrogen-bond acceptors (Lipinski definition) is 2. The molecule has 0 aliphatic rings. The van der Waals surface area contributed by atoms with Crippen molar-refractivity contribution >= 4 is 25.4 Å².